The SMILES string of the molecule is COc1ccc(N2C(=S)N[C@H](c3ccccn3)[C@@H]2c2cccn2-c2ccc(C(=O)O)cc2)cc1Cl. The van der Waals surface area contributed by atoms with Gasteiger partial charge in [0.25, 0.3) is 0 Å². The number of rotatable bonds is 6. The zero-order valence-electron chi connectivity index (χ0n) is 18.6. The van der Waals surface area contributed by atoms with Crippen LogP contribution >= 0.6 is 23.8 Å². The molecule has 2 aromatic carbocycles. The van der Waals surface area contributed by atoms with Crippen LogP contribution in [0.5, 0.6) is 5.75 Å². The molecule has 0 saturated carbocycles. The van der Waals surface area contributed by atoms with Gasteiger partial charge in [-0.3, -0.25) is 4.98 Å². The number of thiocarbonyl (C=S) groups is 1. The number of benzene rings is 2. The summed E-state index contributed by atoms with van der Waals surface area (Å²) in [4.78, 5) is 17.9. The first-order chi connectivity index (χ1) is 17.0. The van der Waals surface area contributed by atoms with Crippen LogP contribution in [0.4, 0.5) is 5.69 Å². The largest absolute Gasteiger partial charge is 0.495 e. The topological polar surface area (TPSA) is 79.6 Å². The number of ether oxygens (including phenoxy) is 1. The number of nitrogens with zero attached hydrogens (tertiary/aromatic N) is 3. The van der Waals surface area contributed by atoms with Gasteiger partial charge in [0.15, 0.2) is 5.11 Å². The van der Waals surface area contributed by atoms with Crippen molar-refractivity contribution >= 4 is 40.6 Å². The average molecular weight is 505 g/mol. The maximum atomic E-state index is 11.3. The molecule has 3 heterocycles. The van der Waals surface area contributed by atoms with Crippen LogP contribution in [0.25, 0.3) is 5.69 Å². The minimum atomic E-state index is -0.965. The Morgan fingerprint density at radius 3 is 2.51 bits per heavy atom. The molecule has 2 aromatic heterocycles. The van der Waals surface area contributed by atoms with Gasteiger partial charge >= 0.3 is 5.97 Å². The molecule has 0 radical (unpaired) electrons. The van der Waals surface area contributed by atoms with E-state index in [2.05, 4.69) is 10.3 Å². The molecular weight excluding hydrogens is 484 g/mol. The van der Waals surface area contributed by atoms with Crippen molar-refractivity contribution in [1.29, 1.82) is 0 Å². The van der Waals surface area contributed by atoms with Gasteiger partial charge in [0.2, 0.25) is 0 Å². The van der Waals surface area contributed by atoms with E-state index >= 15 is 0 Å². The van der Waals surface area contributed by atoms with Crippen LogP contribution in [0.2, 0.25) is 5.02 Å². The van der Waals surface area contributed by atoms with E-state index in [1.54, 1.807) is 37.6 Å². The van der Waals surface area contributed by atoms with Crippen LogP contribution in [0.1, 0.15) is 33.8 Å². The Kier molecular flexibility index (Phi) is 6.15. The molecule has 9 heteroatoms. The van der Waals surface area contributed by atoms with E-state index in [4.69, 9.17) is 28.6 Å². The van der Waals surface area contributed by atoms with Gasteiger partial charge < -0.3 is 24.6 Å². The molecule has 1 saturated heterocycles. The van der Waals surface area contributed by atoms with E-state index in [1.165, 1.54) is 0 Å². The van der Waals surface area contributed by atoms with Crippen molar-refractivity contribution in [3.8, 4) is 11.4 Å². The Morgan fingerprint density at radius 2 is 1.86 bits per heavy atom. The number of anilines is 1. The normalized spacial score (nSPS) is 17.3. The van der Waals surface area contributed by atoms with E-state index in [0.29, 0.717) is 15.9 Å². The summed E-state index contributed by atoms with van der Waals surface area (Å²) in [7, 11) is 1.57. The molecule has 1 fully saturated rings. The Morgan fingerprint density at radius 1 is 1.09 bits per heavy atom. The molecule has 2 N–H and O–H groups in total. The van der Waals surface area contributed by atoms with Crippen molar-refractivity contribution in [2.24, 2.45) is 0 Å². The summed E-state index contributed by atoms with van der Waals surface area (Å²) in [6.45, 7) is 0. The number of hydrogen-bond donors (Lipinski definition) is 2. The standard InChI is InChI=1S/C26H21ClN4O3S/c1-34-22-12-11-18(15-19(22)27)31-24(23(29-26(31)35)20-5-2-3-13-28-20)21-6-4-14-30(21)17-9-7-16(8-10-17)25(32)33/h2-15,23-24H,1H3,(H,29,35)(H,32,33)/t23-,24+/m1/s1. The number of pyridine rings is 1. The number of aromatic nitrogens is 2. The Balaban J connectivity index is 1.64. The highest BCUT2D eigenvalue weighted by Crippen LogP contribution is 2.43. The fourth-order valence-electron chi connectivity index (χ4n) is 4.37. The van der Waals surface area contributed by atoms with Gasteiger partial charge in [0.05, 0.1) is 29.4 Å². The number of hydrogen-bond acceptors (Lipinski definition) is 4. The zero-order chi connectivity index (χ0) is 24.5. The summed E-state index contributed by atoms with van der Waals surface area (Å²) in [5, 5.41) is 13.7. The van der Waals surface area contributed by atoms with E-state index in [9.17, 15) is 9.90 Å². The van der Waals surface area contributed by atoms with Gasteiger partial charge in [0.1, 0.15) is 11.8 Å². The number of nitrogens with one attached hydrogen (secondary N) is 1. The average Bonchev–Trinajstić information content (AvgIpc) is 3.49. The number of halogens is 1. The van der Waals surface area contributed by atoms with Crippen molar-refractivity contribution in [3.05, 3.63) is 107 Å². The number of carbonyl (C=O) groups is 1. The number of aromatic carboxylic acids is 1. The molecule has 0 aliphatic carbocycles. The van der Waals surface area contributed by atoms with Gasteiger partial charge in [-0.05, 0) is 78.9 Å². The van der Waals surface area contributed by atoms with Crippen LogP contribution in [0.3, 0.4) is 0 Å². The molecule has 4 aromatic rings. The lowest BCUT2D eigenvalue weighted by molar-refractivity contribution is 0.0697. The third-order valence-corrected chi connectivity index (χ3v) is 6.60. The van der Waals surface area contributed by atoms with Crippen LogP contribution < -0.4 is 15.0 Å². The zero-order valence-corrected chi connectivity index (χ0v) is 20.2. The van der Waals surface area contributed by atoms with Gasteiger partial charge in [-0.2, -0.15) is 0 Å². The third-order valence-electron chi connectivity index (χ3n) is 5.99. The highest BCUT2D eigenvalue weighted by molar-refractivity contribution is 7.80. The van der Waals surface area contributed by atoms with E-state index < -0.39 is 5.97 Å². The van der Waals surface area contributed by atoms with Crippen LogP contribution in [-0.2, 0) is 0 Å². The van der Waals surface area contributed by atoms with Crippen molar-refractivity contribution in [1.82, 2.24) is 14.9 Å². The first-order valence-corrected chi connectivity index (χ1v) is 11.6. The minimum Gasteiger partial charge on any atom is -0.495 e. The number of carboxylic acid groups (broad SMARTS) is 1. The summed E-state index contributed by atoms with van der Waals surface area (Å²) in [6, 6.07) is 21.6. The lowest BCUT2D eigenvalue weighted by Gasteiger charge is -2.29. The highest BCUT2D eigenvalue weighted by Gasteiger charge is 2.42. The summed E-state index contributed by atoms with van der Waals surface area (Å²) in [5.41, 5.74) is 3.66. The highest BCUT2D eigenvalue weighted by atomic mass is 35.5. The summed E-state index contributed by atoms with van der Waals surface area (Å²) in [6.07, 6.45) is 3.70. The lowest BCUT2D eigenvalue weighted by atomic mass is 10.0. The summed E-state index contributed by atoms with van der Waals surface area (Å²) >= 11 is 12.3. The molecule has 35 heavy (non-hydrogen) atoms. The Bertz CT molecular complexity index is 1390. The summed E-state index contributed by atoms with van der Waals surface area (Å²) in [5.74, 6) is -0.388. The van der Waals surface area contributed by atoms with Crippen LogP contribution in [-0.4, -0.2) is 32.8 Å². The monoisotopic (exact) mass is 504 g/mol. The lowest BCUT2D eigenvalue weighted by Crippen LogP contribution is -2.30. The number of carboxylic acids is 1. The molecule has 1 aliphatic heterocycles. The molecule has 7 nitrogen and oxygen atoms in total. The van der Waals surface area contributed by atoms with Crippen LogP contribution in [0.15, 0.2) is 85.2 Å². The first kappa shape index (κ1) is 22.9. The molecule has 0 unspecified atom stereocenters. The van der Waals surface area contributed by atoms with Gasteiger partial charge in [-0.1, -0.05) is 17.7 Å². The maximum absolute atomic E-state index is 11.3. The quantitative estimate of drug-likeness (QED) is 0.340. The smallest absolute Gasteiger partial charge is 0.335 e. The second-order valence-electron chi connectivity index (χ2n) is 7.97. The van der Waals surface area contributed by atoms with Gasteiger partial charge in [-0.15, -0.1) is 0 Å². The minimum absolute atomic E-state index is 0.229. The fraction of sp³-hybridized carbons (Fsp3) is 0.115. The maximum Gasteiger partial charge on any atom is 0.335 e. The number of methoxy groups -OCH3 is 1. The van der Waals surface area contributed by atoms with E-state index in [-0.39, 0.29) is 17.6 Å². The van der Waals surface area contributed by atoms with E-state index in [0.717, 1.165) is 22.8 Å². The molecule has 1 aliphatic rings. The second-order valence-corrected chi connectivity index (χ2v) is 8.76. The molecule has 0 spiro atoms. The van der Waals surface area contributed by atoms with Crippen molar-refractivity contribution in [2.45, 2.75) is 12.1 Å². The Hall–Kier alpha value is -3.88. The van der Waals surface area contributed by atoms with E-state index in [1.807, 2.05) is 64.2 Å². The van der Waals surface area contributed by atoms with Gasteiger partial charge in [0, 0.05) is 29.5 Å². The first-order valence-electron chi connectivity index (χ1n) is 10.8. The summed E-state index contributed by atoms with van der Waals surface area (Å²) < 4.78 is 7.36. The predicted molar refractivity (Wildman–Crippen MR) is 139 cm³/mol. The fourth-order valence-corrected chi connectivity index (χ4v) is 4.97. The molecule has 5 rings (SSSR count). The third kappa shape index (κ3) is 4.22. The predicted octanol–water partition coefficient (Wildman–Crippen LogP) is 5.41. The molecule has 176 valence electrons. The van der Waals surface area contributed by atoms with Crippen LogP contribution in [0, 0.1) is 0 Å². The molecular formula is C26H21ClN4O3S. The van der Waals surface area contributed by atoms with Crippen molar-refractivity contribution in [2.75, 3.05) is 12.0 Å². The van der Waals surface area contributed by atoms with Crippen molar-refractivity contribution < 1.29 is 14.6 Å². The molecule has 0 bridgehead atoms. The van der Waals surface area contributed by atoms with Crippen molar-refractivity contribution in [3.63, 3.8) is 0 Å². The second kappa shape index (κ2) is 9.40. The molecule has 0 amide bonds. The van der Waals surface area contributed by atoms with Gasteiger partial charge in [-0.25, -0.2) is 4.79 Å². The Labute approximate surface area is 212 Å². The molecule has 2 atom stereocenters.